The van der Waals surface area contributed by atoms with Crippen LogP contribution in [0.1, 0.15) is 25.5 Å². The highest BCUT2D eigenvalue weighted by molar-refractivity contribution is 5.77. The molecule has 1 atom stereocenters. The van der Waals surface area contributed by atoms with Crippen molar-refractivity contribution in [1.82, 2.24) is 15.3 Å². The number of aromatic amines is 2. The second-order valence-corrected chi connectivity index (χ2v) is 4.13. The van der Waals surface area contributed by atoms with Crippen LogP contribution in [0.3, 0.4) is 0 Å². The third-order valence-corrected chi connectivity index (χ3v) is 2.29. The number of carbonyl (C=O) groups is 1. The maximum absolute atomic E-state index is 11.5. The average molecular weight is 255 g/mol. The number of hydrogen-bond acceptors (Lipinski definition) is 4. The SMILES string of the molecule is CC(O)CCCNC(=O)Cc1cc(=O)[nH]c(=O)[nH]1. The van der Waals surface area contributed by atoms with E-state index < -0.39 is 11.2 Å². The number of amides is 1. The van der Waals surface area contributed by atoms with Crippen LogP contribution in [0.25, 0.3) is 0 Å². The zero-order chi connectivity index (χ0) is 13.5. The van der Waals surface area contributed by atoms with Crippen molar-refractivity contribution in [2.24, 2.45) is 0 Å². The standard InChI is InChI=1S/C11H17N3O4/c1-7(15)3-2-4-12-9(16)5-8-6-10(17)14-11(18)13-8/h6-7,15H,2-5H2,1H3,(H,12,16)(H2,13,14,17,18). The normalized spacial score (nSPS) is 12.1. The summed E-state index contributed by atoms with van der Waals surface area (Å²) in [6, 6.07) is 1.18. The predicted molar refractivity (Wildman–Crippen MR) is 65.3 cm³/mol. The van der Waals surface area contributed by atoms with Gasteiger partial charge in [0, 0.05) is 18.3 Å². The lowest BCUT2D eigenvalue weighted by Crippen LogP contribution is -2.29. The van der Waals surface area contributed by atoms with Gasteiger partial charge in [-0.15, -0.1) is 0 Å². The van der Waals surface area contributed by atoms with Gasteiger partial charge in [0.25, 0.3) is 5.56 Å². The van der Waals surface area contributed by atoms with E-state index in [9.17, 15) is 14.4 Å². The van der Waals surface area contributed by atoms with Crippen LogP contribution < -0.4 is 16.6 Å². The maximum atomic E-state index is 11.5. The molecule has 1 aromatic heterocycles. The summed E-state index contributed by atoms with van der Waals surface area (Å²) in [5.74, 6) is -0.276. The average Bonchev–Trinajstić information content (AvgIpc) is 2.22. The van der Waals surface area contributed by atoms with Gasteiger partial charge in [-0.3, -0.25) is 14.6 Å². The fraction of sp³-hybridized carbons (Fsp3) is 0.545. The summed E-state index contributed by atoms with van der Waals surface area (Å²) in [6.45, 7) is 2.14. The summed E-state index contributed by atoms with van der Waals surface area (Å²) >= 11 is 0. The van der Waals surface area contributed by atoms with Crippen molar-refractivity contribution in [3.63, 3.8) is 0 Å². The zero-order valence-corrected chi connectivity index (χ0v) is 10.2. The van der Waals surface area contributed by atoms with E-state index in [0.29, 0.717) is 19.4 Å². The zero-order valence-electron chi connectivity index (χ0n) is 10.2. The lowest BCUT2D eigenvalue weighted by Gasteiger charge is -2.06. The van der Waals surface area contributed by atoms with Crippen molar-refractivity contribution >= 4 is 5.91 Å². The first-order valence-electron chi connectivity index (χ1n) is 5.74. The van der Waals surface area contributed by atoms with Crippen molar-refractivity contribution in [3.05, 3.63) is 32.6 Å². The summed E-state index contributed by atoms with van der Waals surface area (Å²) in [7, 11) is 0. The fourth-order valence-corrected chi connectivity index (χ4v) is 1.48. The molecule has 18 heavy (non-hydrogen) atoms. The quantitative estimate of drug-likeness (QED) is 0.482. The van der Waals surface area contributed by atoms with Crippen molar-refractivity contribution in [2.45, 2.75) is 32.3 Å². The molecular formula is C11H17N3O4. The van der Waals surface area contributed by atoms with Crippen LogP contribution in [0, 0.1) is 0 Å². The molecule has 0 aliphatic rings. The number of hydrogen-bond donors (Lipinski definition) is 4. The van der Waals surface area contributed by atoms with E-state index in [4.69, 9.17) is 5.11 Å². The topological polar surface area (TPSA) is 115 Å². The van der Waals surface area contributed by atoms with Crippen LogP contribution in [0.5, 0.6) is 0 Å². The molecule has 0 spiro atoms. The van der Waals surface area contributed by atoms with Gasteiger partial charge in [0.1, 0.15) is 0 Å². The molecule has 4 N–H and O–H groups in total. The molecule has 0 fully saturated rings. The minimum Gasteiger partial charge on any atom is -0.393 e. The number of aliphatic hydroxyl groups is 1. The summed E-state index contributed by atoms with van der Waals surface area (Å²) in [5.41, 5.74) is -0.883. The van der Waals surface area contributed by atoms with Gasteiger partial charge >= 0.3 is 5.69 Å². The van der Waals surface area contributed by atoms with Gasteiger partial charge < -0.3 is 15.4 Å². The van der Waals surface area contributed by atoms with E-state index in [1.165, 1.54) is 6.07 Å². The van der Waals surface area contributed by atoms with Crippen molar-refractivity contribution < 1.29 is 9.90 Å². The Morgan fingerprint density at radius 3 is 2.78 bits per heavy atom. The molecule has 7 nitrogen and oxygen atoms in total. The fourth-order valence-electron chi connectivity index (χ4n) is 1.48. The largest absolute Gasteiger partial charge is 0.393 e. The Morgan fingerprint density at radius 2 is 2.17 bits per heavy atom. The molecule has 0 aromatic carbocycles. The Labute approximate surface area is 103 Å². The number of aliphatic hydroxyl groups excluding tert-OH is 1. The molecule has 0 radical (unpaired) electrons. The van der Waals surface area contributed by atoms with Crippen LogP contribution in [0.15, 0.2) is 15.7 Å². The second kappa shape index (κ2) is 6.75. The van der Waals surface area contributed by atoms with Crippen LogP contribution in [0.4, 0.5) is 0 Å². The van der Waals surface area contributed by atoms with Gasteiger partial charge in [-0.2, -0.15) is 0 Å². The number of H-pyrrole nitrogens is 2. The van der Waals surface area contributed by atoms with Gasteiger partial charge in [-0.05, 0) is 19.8 Å². The van der Waals surface area contributed by atoms with Gasteiger partial charge in [-0.25, -0.2) is 4.79 Å². The molecular weight excluding hydrogens is 238 g/mol. The van der Waals surface area contributed by atoms with E-state index in [1.807, 2.05) is 4.98 Å². The molecule has 0 saturated carbocycles. The summed E-state index contributed by atoms with van der Waals surface area (Å²) in [4.78, 5) is 37.8. The van der Waals surface area contributed by atoms with Crippen LogP contribution in [-0.4, -0.2) is 33.6 Å². The molecule has 1 unspecified atom stereocenters. The Kier molecular flexibility index (Phi) is 5.31. The highest BCUT2D eigenvalue weighted by Gasteiger charge is 2.05. The summed E-state index contributed by atoms with van der Waals surface area (Å²) in [6.07, 6.45) is 0.858. The van der Waals surface area contributed by atoms with Crippen molar-refractivity contribution in [3.8, 4) is 0 Å². The van der Waals surface area contributed by atoms with Crippen LogP contribution in [0.2, 0.25) is 0 Å². The Hall–Kier alpha value is -1.89. The number of nitrogens with one attached hydrogen (secondary N) is 3. The molecule has 0 aliphatic carbocycles. The van der Waals surface area contributed by atoms with Crippen LogP contribution >= 0.6 is 0 Å². The van der Waals surface area contributed by atoms with Crippen molar-refractivity contribution in [1.29, 1.82) is 0 Å². The van der Waals surface area contributed by atoms with Gasteiger partial charge in [-0.1, -0.05) is 0 Å². The Balaban J connectivity index is 2.40. The predicted octanol–water partition coefficient (Wildman–Crippen LogP) is -1.12. The molecule has 1 aromatic rings. The van der Waals surface area contributed by atoms with Gasteiger partial charge in [0.05, 0.1) is 12.5 Å². The Morgan fingerprint density at radius 1 is 1.44 bits per heavy atom. The second-order valence-electron chi connectivity index (χ2n) is 4.13. The lowest BCUT2D eigenvalue weighted by molar-refractivity contribution is -0.120. The highest BCUT2D eigenvalue weighted by Crippen LogP contribution is 1.94. The maximum Gasteiger partial charge on any atom is 0.325 e. The molecule has 0 saturated heterocycles. The number of carbonyl (C=O) groups excluding carboxylic acids is 1. The van der Waals surface area contributed by atoms with Crippen molar-refractivity contribution in [2.75, 3.05) is 6.54 Å². The molecule has 7 heteroatoms. The monoisotopic (exact) mass is 255 g/mol. The smallest absolute Gasteiger partial charge is 0.325 e. The minimum absolute atomic E-state index is 0.0478. The first kappa shape index (κ1) is 14.2. The lowest BCUT2D eigenvalue weighted by atomic mass is 10.2. The molecule has 1 heterocycles. The molecule has 1 amide bonds. The summed E-state index contributed by atoms with van der Waals surface area (Å²) < 4.78 is 0. The number of rotatable bonds is 6. The molecule has 0 bridgehead atoms. The van der Waals surface area contributed by atoms with E-state index >= 15 is 0 Å². The van der Waals surface area contributed by atoms with E-state index in [-0.39, 0.29) is 24.1 Å². The number of aromatic nitrogens is 2. The first-order chi connectivity index (χ1) is 8.47. The Bertz CT molecular complexity index is 475. The minimum atomic E-state index is -0.626. The third-order valence-electron chi connectivity index (χ3n) is 2.29. The molecule has 0 aliphatic heterocycles. The summed E-state index contributed by atoms with van der Waals surface area (Å²) in [5, 5.41) is 11.7. The van der Waals surface area contributed by atoms with E-state index in [1.54, 1.807) is 6.92 Å². The van der Waals surface area contributed by atoms with E-state index in [2.05, 4.69) is 10.3 Å². The van der Waals surface area contributed by atoms with Crippen LogP contribution in [-0.2, 0) is 11.2 Å². The first-order valence-corrected chi connectivity index (χ1v) is 5.74. The molecule has 100 valence electrons. The highest BCUT2D eigenvalue weighted by atomic mass is 16.3. The van der Waals surface area contributed by atoms with Gasteiger partial charge in [0.15, 0.2) is 0 Å². The molecule has 1 rings (SSSR count). The third kappa shape index (κ3) is 5.44. The van der Waals surface area contributed by atoms with E-state index in [0.717, 1.165) is 0 Å². The van der Waals surface area contributed by atoms with Gasteiger partial charge in [0.2, 0.25) is 5.91 Å².